The molecule has 1 aliphatic rings. The van der Waals surface area contributed by atoms with E-state index in [9.17, 15) is 4.39 Å². The van der Waals surface area contributed by atoms with Crippen molar-refractivity contribution in [2.75, 3.05) is 31.6 Å². The number of hydrogen-bond acceptors (Lipinski definition) is 3. The first-order chi connectivity index (χ1) is 9.76. The summed E-state index contributed by atoms with van der Waals surface area (Å²) in [6, 6.07) is 5.37. The lowest BCUT2D eigenvalue weighted by molar-refractivity contribution is 0.0818. The topological polar surface area (TPSA) is 24.5 Å². The van der Waals surface area contributed by atoms with Gasteiger partial charge < -0.3 is 15.0 Å². The summed E-state index contributed by atoms with van der Waals surface area (Å²) >= 11 is 0. The highest BCUT2D eigenvalue weighted by Crippen LogP contribution is 2.28. The Hall–Kier alpha value is -1.13. The molecule has 20 heavy (non-hydrogen) atoms. The average Bonchev–Trinajstić information content (AvgIpc) is 2.48. The standard InChI is InChI=1S/C16H25FN2O/c1-3-9-18-12-13-5-4-6-15(17)16(13)19-10-7-14(20-2)8-11-19/h4-6,14,18H,3,7-12H2,1-2H3. The molecule has 1 N–H and O–H groups in total. The highest BCUT2D eigenvalue weighted by atomic mass is 19.1. The van der Waals surface area contributed by atoms with Crippen LogP contribution < -0.4 is 10.2 Å². The van der Waals surface area contributed by atoms with Gasteiger partial charge in [0, 0.05) is 26.7 Å². The molecule has 1 saturated heterocycles. The third-order valence-electron chi connectivity index (χ3n) is 3.90. The molecule has 0 saturated carbocycles. The van der Waals surface area contributed by atoms with Crippen LogP contribution in [0.3, 0.4) is 0 Å². The molecular formula is C16H25FN2O. The number of halogens is 1. The summed E-state index contributed by atoms with van der Waals surface area (Å²) in [7, 11) is 1.75. The summed E-state index contributed by atoms with van der Waals surface area (Å²) in [5.41, 5.74) is 1.82. The number of nitrogens with zero attached hydrogens (tertiary/aromatic N) is 1. The number of benzene rings is 1. The lowest BCUT2D eigenvalue weighted by Gasteiger charge is -2.34. The molecule has 0 aliphatic carbocycles. The molecule has 1 aliphatic heterocycles. The van der Waals surface area contributed by atoms with E-state index in [-0.39, 0.29) is 5.82 Å². The van der Waals surface area contributed by atoms with Crippen LogP contribution in [-0.2, 0) is 11.3 Å². The first-order valence-electron chi connectivity index (χ1n) is 7.52. The number of methoxy groups -OCH3 is 1. The molecule has 3 nitrogen and oxygen atoms in total. The van der Waals surface area contributed by atoms with Gasteiger partial charge in [-0.1, -0.05) is 19.1 Å². The predicted molar refractivity (Wildman–Crippen MR) is 80.6 cm³/mol. The quantitative estimate of drug-likeness (QED) is 0.811. The van der Waals surface area contributed by atoms with Crippen molar-refractivity contribution >= 4 is 5.69 Å². The molecular weight excluding hydrogens is 255 g/mol. The fourth-order valence-corrected chi connectivity index (χ4v) is 2.77. The van der Waals surface area contributed by atoms with Crippen molar-refractivity contribution in [2.45, 2.75) is 38.8 Å². The Bertz CT molecular complexity index is 417. The Balaban J connectivity index is 2.09. The summed E-state index contributed by atoms with van der Waals surface area (Å²) in [6.45, 7) is 5.54. The molecule has 112 valence electrons. The van der Waals surface area contributed by atoms with Gasteiger partial charge in [-0.05, 0) is 37.4 Å². The molecule has 0 radical (unpaired) electrons. The Morgan fingerprint density at radius 1 is 1.35 bits per heavy atom. The van der Waals surface area contributed by atoms with Gasteiger partial charge in [-0.2, -0.15) is 0 Å². The molecule has 0 amide bonds. The first-order valence-corrected chi connectivity index (χ1v) is 7.52. The smallest absolute Gasteiger partial charge is 0.146 e. The number of piperidine rings is 1. The number of nitrogens with one attached hydrogen (secondary N) is 1. The first kappa shape index (κ1) is 15.3. The lowest BCUT2D eigenvalue weighted by Crippen LogP contribution is -2.38. The molecule has 1 heterocycles. The summed E-state index contributed by atoms with van der Waals surface area (Å²) in [5, 5.41) is 3.36. The van der Waals surface area contributed by atoms with E-state index in [4.69, 9.17) is 4.74 Å². The van der Waals surface area contributed by atoms with Crippen molar-refractivity contribution in [2.24, 2.45) is 0 Å². The van der Waals surface area contributed by atoms with Crippen LogP contribution in [0.2, 0.25) is 0 Å². The molecule has 1 aromatic carbocycles. The molecule has 0 aromatic heterocycles. The van der Waals surface area contributed by atoms with Gasteiger partial charge in [-0.3, -0.25) is 0 Å². The minimum Gasteiger partial charge on any atom is -0.381 e. The zero-order chi connectivity index (χ0) is 14.4. The largest absolute Gasteiger partial charge is 0.381 e. The second-order valence-electron chi connectivity index (χ2n) is 5.35. The van der Waals surface area contributed by atoms with Crippen LogP contribution in [0.5, 0.6) is 0 Å². The maximum atomic E-state index is 14.2. The number of rotatable bonds is 6. The molecule has 2 rings (SSSR count). The van der Waals surface area contributed by atoms with Gasteiger partial charge in [0.1, 0.15) is 5.82 Å². The van der Waals surface area contributed by atoms with Gasteiger partial charge in [-0.15, -0.1) is 0 Å². The van der Waals surface area contributed by atoms with Gasteiger partial charge in [-0.25, -0.2) is 4.39 Å². The predicted octanol–water partition coefficient (Wildman–Crippen LogP) is 2.94. The van der Waals surface area contributed by atoms with Crippen LogP contribution >= 0.6 is 0 Å². The maximum absolute atomic E-state index is 14.2. The van der Waals surface area contributed by atoms with E-state index in [0.29, 0.717) is 6.10 Å². The Morgan fingerprint density at radius 2 is 2.10 bits per heavy atom. The van der Waals surface area contributed by atoms with Crippen LogP contribution in [0.4, 0.5) is 10.1 Å². The van der Waals surface area contributed by atoms with Crippen molar-refractivity contribution in [1.82, 2.24) is 5.32 Å². The van der Waals surface area contributed by atoms with Crippen molar-refractivity contribution < 1.29 is 9.13 Å². The normalized spacial score (nSPS) is 16.6. The van der Waals surface area contributed by atoms with Gasteiger partial charge in [0.05, 0.1) is 11.8 Å². The molecule has 0 unspecified atom stereocenters. The van der Waals surface area contributed by atoms with Crippen LogP contribution in [0.15, 0.2) is 18.2 Å². The average molecular weight is 280 g/mol. The number of para-hydroxylation sites is 1. The lowest BCUT2D eigenvalue weighted by atomic mass is 10.0. The zero-order valence-corrected chi connectivity index (χ0v) is 12.5. The summed E-state index contributed by atoms with van der Waals surface area (Å²) < 4.78 is 19.6. The van der Waals surface area contributed by atoms with E-state index in [1.54, 1.807) is 19.2 Å². The fourth-order valence-electron chi connectivity index (χ4n) is 2.77. The van der Waals surface area contributed by atoms with Crippen LogP contribution in [0, 0.1) is 5.82 Å². The molecule has 0 bridgehead atoms. The van der Waals surface area contributed by atoms with Crippen LogP contribution in [-0.4, -0.2) is 32.8 Å². The van der Waals surface area contributed by atoms with E-state index >= 15 is 0 Å². The highest BCUT2D eigenvalue weighted by molar-refractivity contribution is 5.55. The van der Waals surface area contributed by atoms with Gasteiger partial charge >= 0.3 is 0 Å². The van der Waals surface area contributed by atoms with Crippen molar-refractivity contribution in [3.63, 3.8) is 0 Å². The minimum atomic E-state index is -0.114. The second-order valence-corrected chi connectivity index (χ2v) is 5.35. The van der Waals surface area contributed by atoms with E-state index in [1.165, 1.54) is 0 Å². The Labute approximate surface area is 121 Å². The van der Waals surface area contributed by atoms with E-state index in [1.807, 2.05) is 6.07 Å². The molecule has 0 atom stereocenters. The third-order valence-corrected chi connectivity index (χ3v) is 3.90. The Kier molecular flexibility index (Phi) is 5.80. The van der Waals surface area contributed by atoms with Crippen molar-refractivity contribution in [3.8, 4) is 0 Å². The zero-order valence-electron chi connectivity index (χ0n) is 12.5. The van der Waals surface area contributed by atoms with Crippen LogP contribution in [0.1, 0.15) is 31.7 Å². The second kappa shape index (κ2) is 7.60. The van der Waals surface area contributed by atoms with Gasteiger partial charge in [0.2, 0.25) is 0 Å². The maximum Gasteiger partial charge on any atom is 0.146 e. The molecule has 4 heteroatoms. The van der Waals surface area contributed by atoms with Crippen molar-refractivity contribution in [3.05, 3.63) is 29.6 Å². The Morgan fingerprint density at radius 3 is 2.75 bits per heavy atom. The van der Waals surface area contributed by atoms with E-state index < -0.39 is 0 Å². The van der Waals surface area contributed by atoms with E-state index in [0.717, 1.165) is 56.7 Å². The summed E-state index contributed by atoms with van der Waals surface area (Å²) in [5.74, 6) is -0.114. The highest BCUT2D eigenvalue weighted by Gasteiger charge is 2.22. The fraction of sp³-hybridized carbons (Fsp3) is 0.625. The van der Waals surface area contributed by atoms with Crippen LogP contribution in [0.25, 0.3) is 0 Å². The molecule has 0 spiro atoms. The van der Waals surface area contributed by atoms with Gasteiger partial charge in [0.15, 0.2) is 0 Å². The van der Waals surface area contributed by atoms with Crippen molar-refractivity contribution in [1.29, 1.82) is 0 Å². The summed E-state index contributed by atoms with van der Waals surface area (Å²) in [4.78, 5) is 2.16. The SMILES string of the molecule is CCCNCc1cccc(F)c1N1CCC(OC)CC1. The summed E-state index contributed by atoms with van der Waals surface area (Å²) in [6.07, 6.45) is 3.34. The number of ether oxygens (including phenoxy) is 1. The van der Waals surface area contributed by atoms with E-state index in [2.05, 4.69) is 17.1 Å². The van der Waals surface area contributed by atoms with Gasteiger partial charge in [0.25, 0.3) is 0 Å². The monoisotopic (exact) mass is 280 g/mol. The molecule has 1 fully saturated rings. The third kappa shape index (κ3) is 3.70. The number of anilines is 1. The molecule has 1 aromatic rings. The minimum absolute atomic E-state index is 0.114. The number of hydrogen-bond donors (Lipinski definition) is 1.